The van der Waals surface area contributed by atoms with Crippen LogP contribution >= 0.6 is 0 Å². The fourth-order valence-corrected chi connectivity index (χ4v) is 1.80. The van der Waals surface area contributed by atoms with E-state index in [1.54, 1.807) is 14.2 Å². The van der Waals surface area contributed by atoms with Gasteiger partial charge >= 0.3 is 0 Å². The minimum absolute atomic E-state index is 0.142. The minimum Gasteiger partial charge on any atom is -0.496 e. The summed E-state index contributed by atoms with van der Waals surface area (Å²) in [6.07, 6.45) is 0. The average molecular weight is 253 g/mol. The Morgan fingerprint density at radius 2 is 1.94 bits per heavy atom. The van der Waals surface area contributed by atoms with Gasteiger partial charge in [-0.25, -0.2) is 0 Å². The molecule has 4 nitrogen and oxygen atoms in total. The van der Waals surface area contributed by atoms with Gasteiger partial charge in [0.15, 0.2) is 0 Å². The van der Waals surface area contributed by atoms with Crippen LogP contribution in [0.2, 0.25) is 0 Å². The fourth-order valence-electron chi connectivity index (χ4n) is 1.80. The van der Waals surface area contributed by atoms with Gasteiger partial charge in [0, 0.05) is 12.7 Å². The van der Waals surface area contributed by atoms with E-state index in [1.165, 1.54) is 0 Å². The number of hydrogen-bond donors (Lipinski definition) is 1. The minimum atomic E-state index is 0.142. The van der Waals surface area contributed by atoms with Gasteiger partial charge in [0.25, 0.3) is 0 Å². The van der Waals surface area contributed by atoms with Crippen molar-refractivity contribution < 1.29 is 14.2 Å². The normalized spacial score (nSPS) is 12.4. The quantitative estimate of drug-likeness (QED) is 0.683. The maximum absolute atomic E-state index is 5.60. The Kier molecular flexibility index (Phi) is 7.41. The lowest BCUT2D eigenvalue weighted by Crippen LogP contribution is -2.26. The summed E-state index contributed by atoms with van der Waals surface area (Å²) in [6, 6.07) is 8.15. The Bertz CT molecular complexity index is 331. The molecule has 0 aliphatic carbocycles. The van der Waals surface area contributed by atoms with Crippen molar-refractivity contribution in [2.45, 2.75) is 13.0 Å². The zero-order valence-electron chi connectivity index (χ0n) is 11.4. The molecule has 0 saturated heterocycles. The predicted octanol–water partition coefficient (Wildman–Crippen LogP) is 2.01. The predicted molar refractivity (Wildman–Crippen MR) is 72.1 cm³/mol. The highest BCUT2D eigenvalue weighted by molar-refractivity contribution is 5.35. The first-order valence-electron chi connectivity index (χ1n) is 6.26. The third-order valence-corrected chi connectivity index (χ3v) is 2.68. The van der Waals surface area contributed by atoms with E-state index in [0.717, 1.165) is 17.9 Å². The molecule has 0 aliphatic heterocycles. The van der Waals surface area contributed by atoms with Gasteiger partial charge in [0.1, 0.15) is 5.75 Å². The van der Waals surface area contributed by atoms with Gasteiger partial charge in [-0.2, -0.15) is 0 Å². The Labute approximate surface area is 109 Å². The number of hydrogen-bond acceptors (Lipinski definition) is 4. The molecule has 1 aromatic carbocycles. The lowest BCUT2D eigenvalue weighted by molar-refractivity contribution is 0.0584. The molecular formula is C14H23NO3. The maximum Gasteiger partial charge on any atom is 0.123 e. The van der Waals surface area contributed by atoms with Gasteiger partial charge in [-0.1, -0.05) is 25.1 Å². The van der Waals surface area contributed by atoms with Crippen molar-refractivity contribution in [1.29, 1.82) is 0 Å². The highest BCUT2D eigenvalue weighted by Crippen LogP contribution is 2.24. The van der Waals surface area contributed by atoms with Crippen molar-refractivity contribution in [1.82, 2.24) is 5.32 Å². The van der Waals surface area contributed by atoms with Crippen LogP contribution in [0.1, 0.15) is 18.5 Å². The molecule has 0 radical (unpaired) electrons. The van der Waals surface area contributed by atoms with Crippen LogP contribution in [0.5, 0.6) is 5.75 Å². The van der Waals surface area contributed by atoms with Crippen molar-refractivity contribution in [3.63, 3.8) is 0 Å². The number of ether oxygens (including phenoxy) is 3. The molecule has 0 heterocycles. The van der Waals surface area contributed by atoms with E-state index in [2.05, 4.69) is 18.3 Å². The molecular weight excluding hydrogens is 230 g/mol. The van der Waals surface area contributed by atoms with Crippen LogP contribution in [0.15, 0.2) is 24.3 Å². The smallest absolute Gasteiger partial charge is 0.123 e. The zero-order chi connectivity index (χ0) is 13.2. The first-order valence-corrected chi connectivity index (χ1v) is 6.26. The third kappa shape index (κ3) is 4.64. The number of rotatable bonds is 9. The monoisotopic (exact) mass is 253 g/mol. The number of para-hydroxylation sites is 1. The number of nitrogens with one attached hydrogen (secondary N) is 1. The van der Waals surface area contributed by atoms with E-state index in [4.69, 9.17) is 14.2 Å². The average Bonchev–Trinajstić information content (AvgIpc) is 2.42. The summed E-state index contributed by atoms with van der Waals surface area (Å²) in [4.78, 5) is 0. The largest absolute Gasteiger partial charge is 0.496 e. The van der Waals surface area contributed by atoms with Crippen molar-refractivity contribution in [3.8, 4) is 5.75 Å². The summed E-state index contributed by atoms with van der Waals surface area (Å²) >= 11 is 0. The van der Waals surface area contributed by atoms with Crippen LogP contribution in [0.3, 0.4) is 0 Å². The fraction of sp³-hybridized carbons (Fsp3) is 0.571. The molecule has 0 saturated carbocycles. The van der Waals surface area contributed by atoms with Crippen LogP contribution < -0.4 is 10.1 Å². The van der Waals surface area contributed by atoms with Gasteiger partial charge in [0.05, 0.1) is 33.0 Å². The molecule has 0 aromatic heterocycles. The van der Waals surface area contributed by atoms with Gasteiger partial charge in [-0.15, -0.1) is 0 Å². The molecule has 0 amide bonds. The van der Waals surface area contributed by atoms with Gasteiger partial charge in [0.2, 0.25) is 0 Å². The highest BCUT2D eigenvalue weighted by Gasteiger charge is 2.14. The summed E-state index contributed by atoms with van der Waals surface area (Å²) in [7, 11) is 3.36. The summed E-state index contributed by atoms with van der Waals surface area (Å²) in [6.45, 7) is 4.80. The first kappa shape index (κ1) is 15.0. The van der Waals surface area contributed by atoms with Crippen LogP contribution in [-0.4, -0.2) is 40.6 Å². The molecule has 1 aromatic rings. The Balaban J connectivity index is 2.64. The Morgan fingerprint density at radius 1 is 1.17 bits per heavy atom. The van der Waals surface area contributed by atoms with Crippen LogP contribution in [0, 0.1) is 0 Å². The second-order valence-corrected chi connectivity index (χ2v) is 3.92. The number of likely N-dealkylation sites (N-methyl/N-ethyl adjacent to an activating group) is 1. The Hall–Kier alpha value is -1.10. The van der Waals surface area contributed by atoms with Gasteiger partial charge < -0.3 is 19.5 Å². The second-order valence-electron chi connectivity index (χ2n) is 3.92. The lowest BCUT2D eigenvalue weighted by atomic mass is 10.1. The van der Waals surface area contributed by atoms with Crippen LogP contribution in [-0.2, 0) is 9.47 Å². The maximum atomic E-state index is 5.60. The van der Waals surface area contributed by atoms with E-state index in [1.807, 2.05) is 18.2 Å². The summed E-state index contributed by atoms with van der Waals surface area (Å²) in [5.41, 5.74) is 1.12. The molecule has 0 bridgehead atoms. The lowest BCUT2D eigenvalue weighted by Gasteiger charge is -2.20. The molecule has 4 heteroatoms. The second kappa shape index (κ2) is 8.91. The summed E-state index contributed by atoms with van der Waals surface area (Å²) in [5.74, 6) is 0.888. The molecule has 0 aliphatic rings. The van der Waals surface area contributed by atoms with Gasteiger partial charge in [-0.05, 0) is 12.6 Å². The third-order valence-electron chi connectivity index (χ3n) is 2.68. The topological polar surface area (TPSA) is 39.7 Å². The first-order chi connectivity index (χ1) is 8.83. The van der Waals surface area contributed by atoms with Crippen LogP contribution in [0.25, 0.3) is 0 Å². The molecule has 1 N–H and O–H groups in total. The van der Waals surface area contributed by atoms with E-state index in [0.29, 0.717) is 19.8 Å². The van der Waals surface area contributed by atoms with E-state index in [9.17, 15) is 0 Å². The number of methoxy groups -OCH3 is 2. The summed E-state index contributed by atoms with van der Waals surface area (Å²) < 4.78 is 15.9. The molecule has 102 valence electrons. The zero-order valence-corrected chi connectivity index (χ0v) is 11.4. The van der Waals surface area contributed by atoms with Crippen molar-refractivity contribution >= 4 is 0 Å². The molecule has 1 unspecified atom stereocenters. The van der Waals surface area contributed by atoms with E-state index >= 15 is 0 Å². The van der Waals surface area contributed by atoms with E-state index < -0.39 is 0 Å². The Morgan fingerprint density at radius 3 is 2.61 bits per heavy atom. The number of benzene rings is 1. The summed E-state index contributed by atoms with van der Waals surface area (Å²) in [5, 5.41) is 3.40. The molecule has 0 fully saturated rings. The molecule has 18 heavy (non-hydrogen) atoms. The SMILES string of the molecule is CCNC(COCCOC)c1ccccc1OC. The van der Waals surface area contributed by atoms with E-state index in [-0.39, 0.29) is 6.04 Å². The van der Waals surface area contributed by atoms with Gasteiger partial charge in [-0.3, -0.25) is 0 Å². The van der Waals surface area contributed by atoms with Crippen molar-refractivity contribution in [3.05, 3.63) is 29.8 Å². The molecule has 0 spiro atoms. The highest BCUT2D eigenvalue weighted by atomic mass is 16.5. The van der Waals surface area contributed by atoms with Crippen LogP contribution in [0.4, 0.5) is 0 Å². The molecule has 1 rings (SSSR count). The standard InChI is InChI=1S/C14H23NO3/c1-4-15-13(11-18-10-9-16-2)12-7-5-6-8-14(12)17-3/h5-8,13,15H,4,9-11H2,1-3H3. The molecule has 1 atom stereocenters. The van der Waals surface area contributed by atoms with Crippen molar-refractivity contribution in [2.75, 3.05) is 40.6 Å². The van der Waals surface area contributed by atoms with Crippen molar-refractivity contribution in [2.24, 2.45) is 0 Å².